The molecule has 1 aromatic carbocycles. The molecule has 3 heteroatoms. The Balaban J connectivity index is 2.23. The summed E-state index contributed by atoms with van der Waals surface area (Å²) in [7, 11) is 2.00. The van der Waals surface area contributed by atoms with Gasteiger partial charge in [0.2, 0.25) is 0 Å². The lowest BCUT2D eigenvalue weighted by Gasteiger charge is -2.31. The summed E-state index contributed by atoms with van der Waals surface area (Å²) in [5, 5.41) is 3.29. The minimum Gasteiger partial charge on any atom is -0.368 e. The van der Waals surface area contributed by atoms with E-state index < -0.39 is 0 Å². The number of anilines is 1. The average Bonchev–Trinajstić information content (AvgIpc) is 2.94. The predicted octanol–water partition coefficient (Wildman–Crippen LogP) is 4.50. The van der Waals surface area contributed by atoms with Gasteiger partial charge in [0.25, 0.3) is 0 Å². The highest BCUT2D eigenvalue weighted by molar-refractivity contribution is 9.10. The van der Waals surface area contributed by atoms with Crippen LogP contribution in [0.1, 0.15) is 51.1 Å². The molecule has 0 aromatic heterocycles. The van der Waals surface area contributed by atoms with Gasteiger partial charge >= 0.3 is 0 Å². The Morgan fingerprint density at radius 3 is 2.58 bits per heavy atom. The number of rotatable bonds is 5. The van der Waals surface area contributed by atoms with Gasteiger partial charge in [-0.15, -0.1) is 0 Å². The van der Waals surface area contributed by atoms with Crippen LogP contribution in [0, 0.1) is 0 Å². The van der Waals surface area contributed by atoms with Gasteiger partial charge in [0.15, 0.2) is 0 Å². The van der Waals surface area contributed by atoms with Gasteiger partial charge in [0.05, 0.1) is 5.69 Å². The standard InChI is InChI=1S/C16H25BrN2/c1-4-19(14-7-5-6-8-14)16-10-9-13(11-15(16)17)12(2)18-3/h9-12,14,18H,4-8H2,1-3H3. The maximum Gasteiger partial charge on any atom is 0.0513 e. The van der Waals surface area contributed by atoms with Crippen LogP contribution >= 0.6 is 15.9 Å². The smallest absolute Gasteiger partial charge is 0.0513 e. The topological polar surface area (TPSA) is 15.3 Å². The normalized spacial score (nSPS) is 17.7. The van der Waals surface area contributed by atoms with E-state index in [-0.39, 0.29) is 0 Å². The zero-order valence-corrected chi connectivity index (χ0v) is 13.8. The first kappa shape index (κ1) is 14.9. The second kappa shape index (κ2) is 6.76. The van der Waals surface area contributed by atoms with E-state index >= 15 is 0 Å². The van der Waals surface area contributed by atoms with Crippen molar-refractivity contribution in [3.63, 3.8) is 0 Å². The Labute approximate surface area is 125 Å². The number of benzene rings is 1. The molecule has 0 amide bonds. The number of nitrogens with zero attached hydrogens (tertiary/aromatic N) is 1. The monoisotopic (exact) mass is 324 g/mol. The molecule has 0 bridgehead atoms. The molecule has 1 aromatic rings. The van der Waals surface area contributed by atoms with Crippen molar-refractivity contribution in [2.45, 2.75) is 51.6 Å². The third-order valence-corrected chi connectivity index (χ3v) is 4.96. The van der Waals surface area contributed by atoms with Crippen molar-refractivity contribution in [2.24, 2.45) is 0 Å². The Morgan fingerprint density at radius 2 is 2.05 bits per heavy atom. The van der Waals surface area contributed by atoms with Crippen molar-refractivity contribution >= 4 is 21.6 Å². The second-order valence-electron chi connectivity index (χ2n) is 5.45. The van der Waals surface area contributed by atoms with Crippen LogP contribution in [0.15, 0.2) is 22.7 Å². The zero-order chi connectivity index (χ0) is 13.8. The quantitative estimate of drug-likeness (QED) is 0.857. The van der Waals surface area contributed by atoms with Crippen LogP contribution in [0.25, 0.3) is 0 Å². The highest BCUT2D eigenvalue weighted by Gasteiger charge is 2.23. The Kier molecular flexibility index (Phi) is 5.28. The van der Waals surface area contributed by atoms with E-state index in [4.69, 9.17) is 0 Å². The van der Waals surface area contributed by atoms with E-state index in [0.717, 1.165) is 12.6 Å². The Hall–Kier alpha value is -0.540. The summed E-state index contributed by atoms with van der Waals surface area (Å²) in [4.78, 5) is 2.56. The summed E-state index contributed by atoms with van der Waals surface area (Å²) in [5.41, 5.74) is 2.68. The molecule has 1 fully saturated rings. The fraction of sp³-hybridized carbons (Fsp3) is 0.625. The molecule has 1 saturated carbocycles. The molecule has 1 atom stereocenters. The van der Waals surface area contributed by atoms with Crippen molar-refractivity contribution in [3.05, 3.63) is 28.2 Å². The van der Waals surface area contributed by atoms with E-state index in [1.807, 2.05) is 7.05 Å². The lowest BCUT2D eigenvalue weighted by Crippen LogP contribution is -2.33. The molecular formula is C16H25BrN2. The maximum absolute atomic E-state index is 3.76. The largest absolute Gasteiger partial charge is 0.368 e. The van der Waals surface area contributed by atoms with Crippen LogP contribution in [0.5, 0.6) is 0 Å². The summed E-state index contributed by atoms with van der Waals surface area (Å²) in [5.74, 6) is 0. The zero-order valence-electron chi connectivity index (χ0n) is 12.2. The molecule has 0 spiro atoms. The number of hydrogen-bond acceptors (Lipinski definition) is 2. The van der Waals surface area contributed by atoms with E-state index in [1.54, 1.807) is 0 Å². The van der Waals surface area contributed by atoms with Crippen molar-refractivity contribution in [1.29, 1.82) is 0 Å². The van der Waals surface area contributed by atoms with Gasteiger partial charge in [-0.25, -0.2) is 0 Å². The molecule has 0 aliphatic heterocycles. The number of nitrogens with one attached hydrogen (secondary N) is 1. The van der Waals surface area contributed by atoms with Crippen molar-refractivity contribution < 1.29 is 0 Å². The summed E-state index contributed by atoms with van der Waals surface area (Å²) >= 11 is 3.76. The summed E-state index contributed by atoms with van der Waals surface area (Å²) in [6.07, 6.45) is 5.45. The maximum atomic E-state index is 3.76. The lowest BCUT2D eigenvalue weighted by molar-refractivity contribution is 0.617. The van der Waals surface area contributed by atoms with Crippen molar-refractivity contribution in [1.82, 2.24) is 5.32 Å². The minimum atomic E-state index is 0.395. The second-order valence-corrected chi connectivity index (χ2v) is 6.30. The first-order valence-corrected chi connectivity index (χ1v) is 8.20. The van der Waals surface area contributed by atoms with Gasteiger partial charge in [-0.3, -0.25) is 0 Å². The fourth-order valence-corrected chi connectivity index (χ4v) is 3.66. The molecule has 2 nitrogen and oxygen atoms in total. The molecule has 0 saturated heterocycles. The predicted molar refractivity (Wildman–Crippen MR) is 86.9 cm³/mol. The fourth-order valence-electron chi connectivity index (χ4n) is 3.03. The molecule has 19 heavy (non-hydrogen) atoms. The summed E-state index contributed by atoms with van der Waals surface area (Å²) in [6.45, 7) is 5.54. The molecule has 0 radical (unpaired) electrons. The van der Waals surface area contributed by atoms with E-state index in [2.05, 4.69) is 58.2 Å². The molecule has 106 valence electrons. The van der Waals surface area contributed by atoms with Crippen LogP contribution in [0.3, 0.4) is 0 Å². The van der Waals surface area contributed by atoms with Crippen LogP contribution in [0.2, 0.25) is 0 Å². The molecule has 0 heterocycles. The van der Waals surface area contributed by atoms with Crippen LogP contribution < -0.4 is 10.2 Å². The van der Waals surface area contributed by atoms with Gasteiger partial charge < -0.3 is 10.2 Å². The van der Waals surface area contributed by atoms with E-state index in [9.17, 15) is 0 Å². The lowest BCUT2D eigenvalue weighted by atomic mass is 10.1. The van der Waals surface area contributed by atoms with E-state index in [1.165, 1.54) is 41.4 Å². The van der Waals surface area contributed by atoms with Crippen LogP contribution in [-0.4, -0.2) is 19.6 Å². The molecule has 1 unspecified atom stereocenters. The van der Waals surface area contributed by atoms with Gasteiger partial charge in [0, 0.05) is 23.1 Å². The van der Waals surface area contributed by atoms with Gasteiger partial charge in [0.1, 0.15) is 0 Å². The molecule has 1 aliphatic carbocycles. The minimum absolute atomic E-state index is 0.395. The number of hydrogen-bond donors (Lipinski definition) is 1. The Bertz CT molecular complexity index is 413. The first-order valence-electron chi connectivity index (χ1n) is 7.40. The summed E-state index contributed by atoms with van der Waals surface area (Å²) in [6, 6.07) is 7.91. The molecule has 2 rings (SSSR count). The van der Waals surface area contributed by atoms with Crippen LogP contribution in [-0.2, 0) is 0 Å². The Morgan fingerprint density at radius 1 is 1.37 bits per heavy atom. The molecule has 1 N–H and O–H groups in total. The van der Waals surface area contributed by atoms with Crippen LogP contribution in [0.4, 0.5) is 5.69 Å². The third kappa shape index (κ3) is 3.32. The highest BCUT2D eigenvalue weighted by atomic mass is 79.9. The molecular weight excluding hydrogens is 300 g/mol. The van der Waals surface area contributed by atoms with Crippen molar-refractivity contribution in [2.75, 3.05) is 18.5 Å². The van der Waals surface area contributed by atoms with Gasteiger partial charge in [-0.2, -0.15) is 0 Å². The van der Waals surface area contributed by atoms with Crippen molar-refractivity contribution in [3.8, 4) is 0 Å². The summed E-state index contributed by atoms with van der Waals surface area (Å²) < 4.78 is 1.22. The third-order valence-electron chi connectivity index (χ3n) is 4.32. The van der Waals surface area contributed by atoms with E-state index in [0.29, 0.717) is 6.04 Å². The SMILES string of the molecule is CCN(c1ccc(C(C)NC)cc1Br)C1CCCC1. The average molecular weight is 325 g/mol. The van der Waals surface area contributed by atoms with Gasteiger partial charge in [-0.1, -0.05) is 18.9 Å². The number of halogens is 1. The first-order chi connectivity index (χ1) is 9.17. The van der Waals surface area contributed by atoms with Gasteiger partial charge in [-0.05, 0) is 67.4 Å². The highest BCUT2D eigenvalue weighted by Crippen LogP contribution is 2.34. The molecule has 1 aliphatic rings.